The molecule has 2 aromatic rings. The number of carbonyl (C=O) groups excluding carboxylic acids is 1. The molecule has 36 heavy (non-hydrogen) atoms. The number of ether oxygens (including phenoxy) is 6. The van der Waals surface area contributed by atoms with E-state index in [-0.39, 0.29) is 5.78 Å². The number of rotatable bonds is 18. The summed E-state index contributed by atoms with van der Waals surface area (Å²) in [5.74, 6) is 4.00. The number of carbonyl (C=O) groups is 1. The third-order valence-electron chi connectivity index (χ3n) is 5.32. The first kappa shape index (κ1) is 29.1. The maximum atomic E-state index is 12.8. The molecular weight excluding hydrogens is 460 g/mol. The van der Waals surface area contributed by atoms with Crippen LogP contribution in [0, 0.1) is 0 Å². The van der Waals surface area contributed by atoms with Gasteiger partial charge in [-0.25, -0.2) is 0 Å². The van der Waals surface area contributed by atoms with Crippen molar-refractivity contribution >= 4 is 5.78 Å². The molecule has 0 saturated heterocycles. The van der Waals surface area contributed by atoms with Gasteiger partial charge in [-0.2, -0.15) is 0 Å². The summed E-state index contributed by atoms with van der Waals surface area (Å²) >= 11 is 0. The van der Waals surface area contributed by atoms with E-state index >= 15 is 0 Å². The lowest BCUT2D eigenvalue weighted by molar-refractivity contribution is -0.119. The average Bonchev–Trinajstić information content (AvgIpc) is 2.86. The molecule has 0 heterocycles. The molecule has 0 radical (unpaired) electrons. The molecule has 0 aliphatic carbocycles. The Labute approximate surface area is 216 Å². The summed E-state index contributed by atoms with van der Waals surface area (Å²) in [6.45, 7) is 14.7. The van der Waals surface area contributed by atoms with E-state index < -0.39 is 0 Å². The van der Waals surface area contributed by atoms with Gasteiger partial charge in [-0.1, -0.05) is 0 Å². The second kappa shape index (κ2) is 15.8. The van der Waals surface area contributed by atoms with E-state index in [1.54, 1.807) is 0 Å². The highest BCUT2D eigenvalue weighted by molar-refractivity contribution is 5.79. The Morgan fingerprint density at radius 3 is 1.03 bits per heavy atom. The first-order chi connectivity index (χ1) is 17.5. The highest BCUT2D eigenvalue weighted by Crippen LogP contribution is 2.40. The highest BCUT2D eigenvalue weighted by Gasteiger charge is 2.17. The van der Waals surface area contributed by atoms with Crippen LogP contribution in [-0.2, 0) is 17.6 Å². The summed E-state index contributed by atoms with van der Waals surface area (Å²) in [6, 6.07) is 7.78. The summed E-state index contributed by atoms with van der Waals surface area (Å²) in [4.78, 5) is 12.8. The molecule has 0 aromatic heterocycles. The molecule has 2 rings (SSSR count). The number of hydrogen-bond acceptors (Lipinski definition) is 7. The van der Waals surface area contributed by atoms with E-state index in [1.807, 2.05) is 65.8 Å². The van der Waals surface area contributed by atoms with Crippen LogP contribution in [0.25, 0.3) is 0 Å². The minimum absolute atomic E-state index is 0.185. The van der Waals surface area contributed by atoms with E-state index in [0.29, 0.717) is 99.8 Å². The van der Waals surface area contributed by atoms with Gasteiger partial charge in [0.05, 0.1) is 39.6 Å². The van der Waals surface area contributed by atoms with E-state index in [9.17, 15) is 4.79 Å². The molecule has 0 fully saturated rings. The van der Waals surface area contributed by atoms with Crippen LogP contribution in [0.2, 0.25) is 0 Å². The fourth-order valence-electron chi connectivity index (χ4n) is 3.87. The van der Waals surface area contributed by atoms with Crippen LogP contribution in [0.1, 0.15) is 65.5 Å². The number of aryl methyl sites for hydroxylation is 2. The normalized spacial score (nSPS) is 10.6. The van der Waals surface area contributed by atoms with Crippen LogP contribution in [0.4, 0.5) is 0 Å². The van der Waals surface area contributed by atoms with Crippen molar-refractivity contribution in [1.82, 2.24) is 0 Å². The molecule has 0 amide bonds. The molecule has 0 bridgehead atoms. The Morgan fingerprint density at radius 2 is 0.778 bits per heavy atom. The minimum Gasteiger partial charge on any atom is -0.490 e. The molecule has 0 spiro atoms. The zero-order valence-electron chi connectivity index (χ0n) is 22.7. The van der Waals surface area contributed by atoms with Gasteiger partial charge in [0.15, 0.2) is 23.0 Å². The molecule has 0 aliphatic heterocycles. The number of hydrogen-bond donors (Lipinski definition) is 0. The number of Topliss-reactive ketones (excluding diaryl/α,β-unsaturated/α-hetero) is 1. The van der Waals surface area contributed by atoms with Gasteiger partial charge in [-0.3, -0.25) is 4.79 Å². The molecule has 7 nitrogen and oxygen atoms in total. The van der Waals surface area contributed by atoms with Gasteiger partial charge in [0.1, 0.15) is 5.78 Å². The second-order valence-corrected chi connectivity index (χ2v) is 7.98. The monoisotopic (exact) mass is 502 g/mol. The summed E-state index contributed by atoms with van der Waals surface area (Å²) in [5.41, 5.74) is 1.97. The fourth-order valence-corrected chi connectivity index (χ4v) is 3.87. The molecule has 2 aromatic carbocycles. The Bertz CT molecular complexity index is 825. The maximum Gasteiger partial charge on any atom is 0.203 e. The average molecular weight is 503 g/mol. The standard InChI is InChI=1S/C29H42O7/c1-7-31-24-17-21(18-25(32-8-2)28(24)35-11-5)13-15-23(30)16-14-22-19-26(33-9-3)29(36-12-6)27(20-22)34-10-4/h17-20H,7-16H2,1-6H3. The predicted octanol–water partition coefficient (Wildman–Crippen LogP) is 6.21. The van der Waals surface area contributed by atoms with Crippen molar-refractivity contribution in [2.75, 3.05) is 39.6 Å². The van der Waals surface area contributed by atoms with Crippen LogP contribution in [0.15, 0.2) is 24.3 Å². The van der Waals surface area contributed by atoms with Gasteiger partial charge in [0.2, 0.25) is 11.5 Å². The lowest BCUT2D eigenvalue weighted by Crippen LogP contribution is -2.06. The first-order valence-corrected chi connectivity index (χ1v) is 13.1. The van der Waals surface area contributed by atoms with Crippen molar-refractivity contribution < 1.29 is 33.2 Å². The third kappa shape index (κ3) is 8.54. The van der Waals surface area contributed by atoms with Crippen LogP contribution < -0.4 is 28.4 Å². The van der Waals surface area contributed by atoms with Crippen LogP contribution in [0.3, 0.4) is 0 Å². The van der Waals surface area contributed by atoms with Crippen LogP contribution in [-0.4, -0.2) is 45.4 Å². The summed E-state index contributed by atoms with van der Waals surface area (Å²) in [7, 11) is 0. The van der Waals surface area contributed by atoms with Gasteiger partial charge in [0.25, 0.3) is 0 Å². The molecule has 0 aliphatic rings. The number of ketones is 1. The van der Waals surface area contributed by atoms with Crippen LogP contribution >= 0.6 is 0 Å². The van der Waals surface area contributed by atoms with Gasteiger partial charge >= 0.3 is 0 Å². The summed E-state index contributed by atoms with van der Waals surface area (Å²) < 4.78 is 34.7. The maximum absolute atomic E-state index is 12.8. The highest BCUT2D eigenvalue weighted by atomic mass is 16.5. The molecule has 0 atom stereocenters. The van der Waals surface area contributed by atoms with E-state index in [0.717, 1.165) is 11.1 Å². The Kier molecular flexibility index (Phi) is 12.8. The molecule has 0 N–H and O–H groups in total. The molecule has 0 unspecified atom stereocenters. The lowest BCUT2D eigenvalue weighted by Gasteiger charge is -2.17. The molecular formula is C29H42O7. The lowest BCUT2D eigenvalue weighted by atomic mass is 10.0. The van der Waals surface area contributed by atoms with Gasteiger partial charge in [-0.05, 0) is 89.8 Å². The topological polar surface area (TPSA) is 72.5 Å². The summed E-state index contributed by atoms with van der Waals surface area (Å²) in [5, 5.41) is 0. The van der Waals surface area contributed by atoms with Crippen molar-refractivity contribution in [2.24, 2.45) is 0 Å². The smallest absolute Gasteiger partial charge is 0.203 e. The summed E-state index contributed by atoms with van der Waals surface area (Å²) in [6.07, 6.45) is 2.06. The molecule has 200 valence electrons. The second-order valence-electron chi connectivity index (χ2n) is 7.98. The Balaban J connectivity index is 2.11. The van der Waals surface area contributed by atoms with Gasteiger partial charge in [0, 0.05) is 12.8 Å². The quantitative estimate of drug-likeness (QED) is 0.240. The van der Waals surface area contributed by atoms with Gasteiger partial charge in [-0.15, -0.1) is 0 Å². The SMILES string of the molecule is CCOc1cc(CCC(=O)CCc2cc(OCC)c(OCC)c(OCC)c2)cc(OCC)c1OCC. The number of benzene rings is 2. The van der Waals surface area contributed by atoms with Crippen molar-refractivity contribution in [3.05, 3.63) is 35.4 Å². The van der Waals surface area contributed by atoms with Crippen molar-refractivity contribution in [2.45, 2.75) is 67.2 Å². The van der Waals surface area contributed by atoms with E-state index in [4.69, 9.17) is 28.4 Å². The van der Waals surface area contributed by atoms with Crippen molar-refractivity contribution in [3.8, 4) is 34.5 Å². The molecule has 7 heteroatoms. The van der Waals surface area contributed by atoms with Crippen molar-refractivity contribution in [1.29, 1.82) is 0 Å². The Hall–Kier alpha value is -3.09. The largest absolute Gasteiger partial charge is 0.490 e. The third-order valence-corrected chi connectivity index (χ3v) is 5.32. The first-order valence-electron chi connectivity index (χ1n) is 13.1. The van der Waals surface area contributed by atoms with E-state index in [1.165, 1.54) is 0 Å². The Morgan fingerprint density at radius 1 is 0.500 bits per heavy atom. The van der Waals surface area contributed by atoms with Gasteiger partial charge < -0.3 is 28.4 Å². The predicted molar refractivity (Wildman–Crippen MR) is 142 cm³/mol. The van der Waals surface area contributed by atoms with E-state index in [2.05, 4.69) is 0 Å². The molecule has 0 saturated carbocycles. The fraction of sp³-hybridized carbons (Fsp3) is 0.552. The zero-order chi connectivity index (χ0) is 26.3. The van der Waals surface area contributed by atoms with Crippen molar-refractivity contribution in [3.63, 3.8) is 0 Å². The van der Waals surface area contributed by atoms with Crippen LogP contribution in [0.5, 0.6) is 34.5 Å². The zero-order valence-corrected chi connectivity index (χ0v) is 22.7. The minimum atomic E-state index is 0.185.